The first kappa shape index (κ1) is 17.6. The molecule has 1 amide bonds. The number of carbonyl (C=O) groups is 1. The van der Waals surface area contributed by atoms with Gasteiger partial charge in [-0.3, -0.25) is 4.79 Å². The van der Waals surface area contributed by atoms with Gasteiger partial charge in [-0.1, -0.05) is 35.5 Å². The summed E-state index contributed by atoms with van der Waals surface area (Å²) in [6.07, 6.45) is 6.68. The van der Waals surface area contributed by atoms with E-state index in [1.807, 2.05) is 35.2 Å². The molecule has 1 fully saturated rings. The lowest BCUT2D eigenvalue weighted by Gasteiger charge is -2.33. The van der Waals surface area contributed by atoms with E-state index in [-0.39, 0.29) is 11.9 Å². The number of benzene rings is 1. The molecule has 0 unspecified atom stereocenters. The molecule has 0 radical (unpaired) electrons. The Balaban J connectivity index is 1.68. The molecule has 3 N–H and O–H groups in total. The Morgan fingerprint density at radius 1 is 1.20 bits per heavy atom. The second-order valence-corrected chi connectivity index (χ2v) is 6.59. The maximum Gasteiger partial charge on any atom is 0.249 e. The van der Waals surface area contributed by atoms with Gasteiger partial charge >= 0.3 is 0 Å². The predicted molar refractivity (Wildman–Crippen MR) is 94.3 cm³/mol. The number of aromatic nitrogens is 2. The third kappa shape index (κ3) is 4.45. The Morgan fingerprint density at radius 2 is 2.04 bits per heavy atom. The molecule has 25 heavy (non-hydrogen) atoms. The van der Waals surface area contributed by atoms with Crippen molar-refractivity contribution in [2.45, 2.75) is 51.0 Å². The van der Waals surface area contributed by atoms with Gasteiger partial charge in [-0.25, -0.2) is 0 Å². The molecule has 6 heteroatoms. The zero-order chi connectivity index (χ0) is 17.5. The van der Waals surface area contributed by atoms with Crippen LogP contribution in [0.1, 0.15) is 56.9 Å². The number of hydrogen-bond acceptors (Lipinski definition) is 4. The van der Waals surface area contributed by atoms with Gasteiger partial charge in [0.05, 0.1) is 6.54 Å². The zero-order valence-electron chi connectivity index (χ0n) is 14.7. The summed E-state index contributed by atoms with van der Waals surface area (Å²) in [6.45, 7) is 1.71. The van der Waals surface area contributed by atoms with E-state index in [2.05, 4.69) is 15.9 Å². The molecule has 1 aromatic carbocycles. The van der Waals surface area contributed by atoms with Crippen molar-refractivity contribution in [3.8, 4) is 11.4 Å². The third-order valence-electron chi connectivity index (χ3n) is 4.72. The van der Waals surface area contributed by atoms with Crippen molar-refractivity contribution in [2.24, 2.45) is 0 Å². The molecule has 1 aromatic heterocycles. The fraction of sp³-hybridized carbons (Fsp3) is 0.526. The lowest BCUT2D eigenvalue weighted by molar-refractivity contribution is -0.368. The minimum Gasteiger partial charge on any atom is -0.358 e. The number of unbranched alkanes of at least 4 members (excludes halogenated alkanes) is 2. The monoisotopic (exact) mass is 343 g/mol. The predicted octanol–water partition coefficient (Wildman–Crippen LogP) is 2.59. The van der Waals surface area contributed by atoms with E-state index in [9.17, 15) is 4.79 Å². The number of hydrogen-bond donors (Lipinski definition) is 1. The van der Waals surface area contributed by atoms with E-state index in [1.54, 1.807) is 0 Å². The number of nitrogens with zero attached hydrogens (tertiary/aromatic N) is 3. The number of likely N-dealkylation sites (tertiary alicyclic amines) is 1. The minimum absolute atomic E-state index is 0.0842. The summed E-state index contributed by atoms with van der Waals surface area (Å²) in [5, 5.41) is 4.11. The second kappa shape index (κ2) is 8.76. The molecule has 1 aliphatic heterocycles. The van der Waals surface area contributed by atoms with Crippen molar-refractivity contribution < 1.29 is 15.1 Å². The summed E-state index contributed by atoms with van der Waals surface area (Å²) >= 11 is 0. The molecule has 1 aliphatic rings. The van der Waals surface area contributed by atoms with Gasteiger partial charge in [0.15, 0.2) is 0 Å². The maximum absolute atomic E-state index is 12.6. The zero-order valence-corrected chi connectivity index (χ0v) is 14.7. The van der Waals surface area contributed by atoms with E-state index >= 15 is 0 Å². The Hall–Kier alpha value is -2.21. The molecule has 134 valence electrons. The van der Waals surface area contributed by atoms with Crippen LogP contribution in [0, 0.1) is 0 Å². The molecular formula is C19H27N4O2+. The van der Waals surface area contributed by atoms with Crippen LogP contribution in [0.2, 0.25) is 0 Å². The van der Waals surface area contributed by atoms with E-state index in [1.165, 1.54) is 0 Å². The van der Waals surface area contributed by atoms with Crippen molar-refractivity contribution in [1.82, 2.24) is 15.0 Å². The van der Waals surface area contributed by atoms with Gasteiger partial charge < -0.3 is 15.2 Å². The number of quaternary nitrogens is 1. The van der Waals surface area contributed by atoms with E-state index in [0.29, 0.717) is 18.1 Å². The average Bonchev–Trinajstić information content (AvgIpc) is 3.16. The fourth-order valence-corrected chi connectivity index (χ4v) is 3.34. The maximum atomic E-state index is 12.6. The highest BCUT2D eigenvalue weighted by molar-refractivity contribution is 5.76. The summed E-state index contributed by atoms with van der Waals surface area (Å²) in [6, 6.07) is 9.70. The van der Waals surface area contributed by atoms with Gasteiger partial charge in [0, 0.05) is 18.5 Å². The summed E-state index contributed by atoms with van der Waals surface area (Å²) < 4.78 is 5.52. The van der Waals surface area contributed by atoms with Crippen LogP contribution >= 0.6 is 0 Å². The summed E-state index contributed by atoms with van der Waals surface area (Å²) in [4.78, 5) is 19.1. The highest BCUT2D eigenvalue weighted by Crippen LogP contribution is 2.31. The molecule has 1 atom stereocenters. The molecule has 0 bridgehead atoms. The molecule has 2 aromatic rings. The summed E-state index contributed by atoms with van der Waals surface area (Å²) in [5.41, 5.74) is 4.78. The van der Waals surface area contributed by atoms with Crippen LogP contribution < -0.4 is 5.73 Å². The highest BCUT2D eigenvalue weighted by Gasteiger charge is 2.31. The summed E-state index contributed by atoms with van der Waals surface area (Å²) in [7, 11) is 0. The van der Waals surface area contributed by atoms with Crippen molar-refractivity contribution in [3.63, 3.8) is 0 Å². The smallest absolute Gasteiger partial charge is 0.249 e. The molecule has 1 saturated heterocycles. The highest BCUT2D eigenvalue weighted by atomic mass is 16.5. The topological polar surface area (TPSA) is 86.9 Å². The Labute approximate surface area is 148 Å². The number of amides is 1. The molecular weight excluding hydrogens is 316 g/mol. The van der Waals surface area contributed by atoms with E-state index in [4.69, 9.17) is 4.52 Å². The van der Waals surface area contributed by atoms with Gasteiger partial charge in [0.25, 0.3) is 0 Å². The second-order valence-electron chi connectivity index (χ2n) is 6.59. The normalized spacial score (nSPS) is 17.6. The first-order valence-corrected chi connectivity index (χ1v) is 9.27. The van der Waals surface area contributed by atoms with Crippen LogP contribution in [0.25, 0.3) is 11.4 Å². The van der Waals surface area contributed by atoms with Crippen molar-refractivity contribution in [1.29, 1.82) is 0 Å². The number of rotatable bonds is 7. The minimum atomic E-state index is -0.0842. The van der Waals surface area contributed by atoms with Crippen molar-refractivity contribution >= 4 is 5.91 Å². The van der Waals surface area contributed by atoms with Crippen molar-refractivity contribution in [2.75, 3.05) is 13.1 Å². The molecule has 6 nitrogen and oxygen atoms in total. The molecule has 2 heterocycles. The Kier molecular flexibility index (Phi) is 6.17. The van der Waals surface area contributed by atoms with Crippen LogP contribution in [-0.4, -0.2) is 34.0 Å². The molecule has 0 aliphatic carbocycles. The van der Waals surface area contributed by atoms with Gasteiger partial charge in [-0.15, -0.1) is 0 Å². The number of piperidine rings is 1. The van der Waals surface area contributed by atoms with E-state index < -0.39 is 0 Å². The first-order valence-electron chi connectivity index (χ1n) is 9.27. The van der Waals surface area contributed by atoms with Crippen LogP contribution in [-0.2, 0) is 4.79 Å². The fourth-order valence-electron chi connectivity index (χ4n) is 3.34. The van der Waals surface area contributed by atoms with Gasteiger partial charge in [0.1, 0.15) is 6.04 Å². The van der Waals surface area contributed by atoms with Crippen LogP contribution in [0.3, 0.4) is 0 Å². The first-order chi connectivity index (χ1) is 12.3. The standard InChI is InChI=1S/C19H26N4O2/c20-13-7-2-5-12-17(24)23-14-8-6-11-16(23)19-21-18(22-25-19)15-9-3-1-4-10-15/h1,3-4,9-10,16H,2,5-8,11-14,20H2/p+1/t16-/m1/s1. The lowest BCUT2D eigenvalue weighted by Crippen LogP contribution is -2.50. The van der Waals surface area contributed by atoms with Gasteiger partial charge in [-0.05, 0) is 38.5 Å². The third-order valence-corrected chi connectivity index (χ3v) is 4.72. The van der Waals surface area contributed by atoms with Gasteiger partial charge in [0.2, 0.25) is 17.6 Å². The quantitative estimate of drug-likeness (QED) is 0.783. The molecule has 0 saturated carbocycles. The van der Waals surface area contributed by atoms with Gasteiger partial charge in [-0.2, -0.15) is 4.98 Å². The lowest BCUT2D eigenvalue weighted by atomic mass is 10.0. The Bertz CT molecular complexity index is 671. The van der Waals surface area contributed by atoms with Crippen LogP contribution in [0.4, 0.5) is 0 Å². The van der Waals surface area contributed by atoms with Crippen LogP contribution in [0.5, 0.6) is 0 Å². The SMILES string of the molecule is [NH3+]CCCCCC(=O)N1CCCC[C@@H]1c1nc(-c2ccccc2)no1. The number of carbonyl (C=O) groups excluding carboxylic acids is 1. The molecule has 0 spiro atoms. The van der Waals surface area contributed by atoms with Crippen LogP contribution in [0.15, 0.2) is 34.9 Å². The average molecular weight is 343 g/mol. The largest absolute Gasteiger partial charge is 0.358 e. The summed E-state index contributed by atoms with van der Waals surface area (Å²) in [5.74, 6) is 1.35. The Morgan fingerprint density at radius 3 is 2.84 bits per heavy atom. The van der Waals surface area contributed by atoms with Crippen molar-refractivity contribution in [3.05, 3.63) is 36.2 Å². The van der Waals surface area contributed by atoms with E-state index in [0.717, 1.165) is 57.2 Å². The molecule has 3 rings (SSSR count).